The van der Waals surface area contributed by atoms with Crippen LogP contribution < -0.4 is 0 Å². The summed E-state index contributed by atoms with van der Waals surface area (Å²) in [5, 5.41) is 20.8. The van der Waals surface area contributed by atoms with Crippen LogP contribution in [0, 0.1) is 34.5 Å². The third-order valence-electron chi connectivity index (χ3n) is 6.17. The minimum atomic E-state index is -0.159. The van der Waals surface area contributed by atoms with Crippen LogP contribution in [0.4, 0.5) is 0 Å². The first-order valence-electron chi connectivity index (χ1n) is 7.12. The largest absolute Gasteiger partial charge is 0.393 e. The standard InChI is InChI=1S/C15H26O2/c1-8-5-9(16)12-13-11(8)10(17)6-15(13,4)7-14(12,2)3/h8-13,16-17H,5-7H2,1-4H3/t8-,9+,10+,11-,12-,13?,15+/m1/s1. The van der Waals surface area contributed by atoms with Crippen LogP contribution in [0.25, 0.3) is 0 Å². The molecule has 3 fully saturated rings. The topological polar surface area (TPSA) is 40.5 Å². The van der Waals surface area contributed by atoms with E-state index in [9.17, 15) is 10.2 Å². The fraction of sp³-hybridized carbons (Fsp3) is 1.00. The summed E-state index contributed by atoms with van der Waals surface area (Å²) < 4.78 is 0. The zero-order valence-electron chi connectivity index (χ0n) is 11.5. The highest BCUT2D eigenvalue weighted by atomic mass is 16.3. The van der Waals surface area contributed by atoms with Crippen molar-refractivity contribution in [1.82, 2.24) is 0 Å². The molecule has 2 heteroatoms. The molecule has 3 saturated carbocycles. The van der Waals surface area contributed by atoms with Gasteiger partial charge in [-0.2, -0.15) is 0 Å². The van der Waals surface area contributed by atoms with Crippen molar-refractivity contribution < 1.29 is 10.2 Å². The molecule has 1 unspecified atom stereocenters. The van der Waals surface area contributed by atoms with Crippen molar-refractivity contribution in [3.05, 3.63) is 0 Å². The van der Waals surface area contributed by atoms with Gasteiger partial charge in [0.25, 0.3) is 0 Å². The molecular formula is C15H26O2. The van der Waals surface area contributed by atoms with Crippen LogP contribution in [-0.4, -0.2) is 22.4 Å². The van der Waals surface area contributed by atoms with Gasteiger partial charge in [0.05, 0.1) is 12.2 Å². The maximum atomic E-state index is 10.5. The van der Waals surface area contributed by atoms with Gasteiger partial charge >= 0.3 is 0 Å². The predicted octanol–water partition coefficient (Wildman–Crippen LogP) is 2.44. The van der Waals surface area contributed by atoms with E-state index in [2.05, 4.69) is 27.7 Å². The first kappa shape index (κ1) is 12.0. The van der Waals surface area contributed by atoms with Gasteiger partial charge in [-0.05, 0) is 53.8 Å². The molecule has 17 heavy (non-hydrogen) atoms. The summed E-state index contributed by atoms with van der Waals surface area (Å²) in [6.07, 6.45) is 2.69. The highest BCUT2D eigenvalue weighted by Gasteiger charge is 2.66. The van der Waals surface area contributed by atoms with Crippen molar-refractivity contribution in [2.45, 2.75) is 59.2 Å². The monoisotopic (exact) mass is 238 g/mol. The van der Waals surface area contributed by atoms with Crippen LogP contribution in [0.1, 0.15) is 47.0 Å². The number of hydrogen-bond donors (Lipinski definition) is 2. The summed E-state index contributed by atoms with van der Waals surface area (Å²) in [6.45, 7) is 9.17. The molecule has 0 radical (unpaired) electrons. The van der Waals surface area contributed by atoms with Crippen molar-refractivity contribution in [2.75, 3.05) is 0 Å². The lowest BCUT2D eigenvalue weighted by atomic mass is 9.61. The SMILES string of the molecule is C[C@@H]1C[C@H](O)[C@@H]2C3[C@H]1[C@@H](O)C[C@@]3(C)CC2(C)C. The van der Waals surface area contributed by atoms with E-state index >= 15 is 0 Å². The molecule has 0 aromatic heterocycles. The molecule has 3 aliphatic carbocycles. The second-order valence-corrected chi connectivity index (χ2v) is 8.00. The van der Waals surface area contributed by atoms with E-state index in [0.717, 1.165) is 19.3 Å². The Labute approximate surface area is 104 Å². The average molecular weight is 238 g/mol. The second-order valence-electron chi connectivity index (χ2n) is 8.00. The van der Waals surface area contributed by atoms with Crippen LogP contribution in [0.3, 0.4) is 0 Å². The molecule has 0 amide bonds. The van der Waals surface area contributed by atoms with Gasteiger partial charge in [0, 0.05) is 0 Å². The van der Waals surface area contributed by atoms with Gasteiger partial charge in [-0.3, -0.25) is 0 Å². The van der Waals surface area contributed by atoms with Crippen molar-refractivity contribution in [1.29, 1.82) is 0 Å². The molecular weight excluding hydrogens is 212 g/mol. The minimum Gasteiger partial charge on any atom is -0.393 e. The summed E-state index contributed by atoms with van der Waals surface area (Å²) in [4.78, 5) is 0. The molecule has 3 aliphatic rings. The zero-order valence-corrected chi connectivity index (χ0v) is 11.5. The summed E-state index contributed by atoms with van der Waals surface area (Å²) in [6, 6.07) is 0. The van der Waals surface area contributed by atoms with E-state index < -0.39 is 0 Å². The Bertz CT molecular complexity index is 338. The first-order valence-corrected chi connectivity index (χ1v) is 7.12. The minimum absolute atomic E-state index is 0.133. The molecule has 0 aliphatic heterocycles. The molecule has 98 valence electrons. The van der Waals surface area contributed by atoms with E-state index in [1.165, 1.54) is 0 Å². The normalized spacial score (nSPS) is 60.4. The van der Waals surface area contributed by atoms with E-state index in [-0.39, 0.29) is 23.0 Å². The van der Waals surface area contributed by atoms with Gasteiger partial charge in [-0.25, -0.2) is 0 Å². The van der Waals surface area contributed by atoms with Crippen LogP contribution in [0.5, 0.6) is 0 Å². The lowest BCUT2D eigenvalue weighted by Gasteiger charge is -2.45. The van der Waals surface area contributed by atoms with Crippen molar-refractivity contribution in [3.63, 3.8) is 0 Å². The molecule has 0 saturated heterocycles. The van der Waals surface area contributed by atoms with Gasteiger partial charge < -0.3 is 10.2 Å². The Morgan fingerprint density at radius 1 is 1.00 bits per heavy atom. The maximum absolute atomic E-state index is 10.5. The van der Waals surface area contributed by atoms with Gasteiger partial charge in [0.1, 0.15) is 0 Å². The molecule has 0 bridgehead atoms. The molecule has 2 N–H and O–H groups in total. The fourth-order valence-corrected chi connectivity index (χ4v) is 6.14. The fourth-order valence-electron chi connectivity index (χ4n) is 6.14. The number of hydrogen-bond acceptors (Lipinski definition) is 2. The summed E-state index contributed by atoms with van der Waals surface area (Å²) in [5.74, 6) is 1.82. The van der Waals surface area contributed by atoms with E-state index in [1.807, 2.05) is 0 Å². The lowest BCUT2D eigenvalue weighted by Crippen LogP contribution is -2.46. The van der Waals surface area contributed by atoms with E-state index in [1.54, 1.807) is 0 Å². The van der Waals surface area contributed by atoms with Crippen molar-refractivity contribution in [3.8, 4) is 0 Å². The molecule has 0 aromatic carbocycles. The zero-order chi connectivity index (χ0) is 12.6. The number of aliphatic hydroxyl groups is 2. The molecule has 0 heterocycles. The third-order valence-corrected chi connectivity index (χ3v) is 6.17. The first-order chi connectivity index (χ1) is 7.76. The molecule has 7 atom stereocenters. The Morgan fingerprint density at radius 2 is 1.65 bits per heavy atom. The Morgan fingerprint density at radius 3 is 2.29 bits per heavy atom. The van der Waals surface area contributed by atoms with Crippen LogP contribution in [-0.2, 0) is 0 Å². The van der Waals surface area contributed by atoms with E-state index in [0.29, 0.717) is 23.7 Å². The van der Waals surface area contributed by atoms with Gasteiger partial charge in [0.2, 0.25) is 0 Å². The van der Waals surface area contributed by atoms with Crippen molar-refractivity contribution in [2.24, 2.45) is 34.5 Å². The summed E-state index contributed by atoms with van der Waals surface area (Å²) in [5.41, 5.74) is 0.491. The Balaban J connectivity index is 2.06. The number of aliphatic hydroxyl groups excluding tert-OH is 2. The van der Waals surface area contributed by atoms with E-state index in [4.69, 9.17) is 0 Å². The highest BCUT2D eigenvalue weighted by molar-refractivity contribution is 5.15. The Kier molecular flexibility index (Phi) is 2.30. The molecule has 2 nitrogen and oxygen atoms in total. The van der Waals surface area contributed by atoms with Crippen LogP contribution >= 0.6 is 0 Å². The second kappa shape index (κ2) is 3.27. The summed E-state index contributed by atoms with van der Waals surface area (Å²) in [7, 11) is 0. The lowest BCUT2D eigenvalue weighted by molar-refractivity contribution is -0.0699. The van der Waals surface area contributed by atoms with Gasteiger partial charge in [-0.15, -0.1) is 0 Å². The highest BCUT2D eigenvalue weighted by Crippen LogP contribution is 2.69. The Hall–Kier alpha value is -0.0800. The maximum Gasteiger partial charge on any atom is 0.0579 e. The van der Waals surface area contributed by atoms with Gasteiger partial charge in [-0.1, -0.05) is 27.7 Å². The van der Waals surface area contributed by atoms with Crippen LogP contribution in [0.15, 0.2) is 0 Å². The van der Waals surface area contributed by atoms with Crippen molar-refractivity contribution >= 4 is 0 Å². The van der Waals surface area contributed by atoms with Gasteiger partial charge in [0.15, 0.2) is 0 Å². The average Bonchev–Trinajstić information content (AvgIpc) is 2.46. The summed E-state index contributed by atoms with van der Waals surface area (Å²) >= 11 is 0. The number of rotatable bonds is 0. The molecule has 0 spiro atoms. The third kappa shape index (κ3) is 1.40. The smallest absolute Gasteiger partial charge is 0.0579 e. The van der Waals surface area contributed by atoms with Crippen LogP contribution in [0.2, 0.25) is 0 Å². The molecule has 3 rings (SSSR count). The molecule has 0 aromatic rings. The quantitative estimate of drug-likeness (QED) is 0.680. The predicted molar refractivity (Wildman–Crippen MR) is 67.4 cm³/mol.